The van der Waals surface area contributed by atoms with Gasteiger partial charge in [-0.05, 0) is 17.3 Å². The average Bonchev–Trinajstić information content (AvgIpc) is 3.08. The van der Waals surface area contributed by atoms with Crippen LogP contribution in [0.1, 0.15) is 5.56 Å². The molecule has 0 saturated heterocycles. The van der Waals surface area contributed by atoms with Gasteiger partial charge in [0, 0.05) is 15.6 Å². The van der Waals surface area contributed by atoms with Crippen molar-refractivity contribution in [3.8, 4) is 17.1 Å². The van der Waals surface area contributed by atoms with Gasteiger partial charge < -0.3 is 5.11 Å². The summed E-state index contributed by atoms with van der Waals surface area (Å²) in [4.78, 5) is 13.1. The highest BCUT2D eigenvalue weighted by molar-refractivity contribution is 9.10. The molecule has 1 amide bonds. The molecule has 0 unspecified atom stereocenters. The lowest BCUT2D eigenvalue weighted by Gasteiger charge is -2.02. The number of carbonyl (C=O) groups is 1. The van der Waals surface area contributed by atoms with Gasteiger partial charge in [-0.2, -0.15) is 9.90 Å². The fraction of sp³-hybridized carbons (Fsp3) is 0.0625. The van der Waals surface area contributed by atoms with Crippen LogP contribution < -0.4 is 5.43 Å². The van der Waals surface area contributed by atoms with E-state index in [2.05, 4.69) is 41.9 Å². The van der Waals surface area contributed by atoms with Crippen molar-refractivity contribution < 1.29 is 9.90 Å². The number of tetrazole rings is 1. The zero-order chi connectivity index (χ0) is 18.5. The summed E-state index contributed by atoms with van der Waals surface area (Å²) in [5.41, 5.74) is 3.49. The van der Waals surface area contributed by atoms with E-state index in [0.717, 1.165) is 5.56 Å². The Morgan fingerprint density at radius 3 is 2.88 bits per heavy atom. The van der Waals surface area contributed by atoms with Gasteiger partial charge >= 0.3 is 0 Å². The molecule has 0 aliphatic carbocycles. The van der Waals surface area contributed by atoms with Crippen LogP contribution in [0.5, 0.6) is 5.75 Å². The number of phenols is 1. The number of amides is 1. The van der Waals surface area contributed by atoms with Gasteiger partial charge in [0.2, 0.25) is 5.82 Å². The molecule has 0 spiro atoms. The third-order valence-electron chi connectivity index (χ3n) is 3.22. The Bertz CT molecular complexity index is 961. The summed E-state index contributed by atoms with van der Waals surface area (Å²) in [6.45, 7) is -0.150. The number of hydrogen-bond acceptors (Lipinski definition) is 6. The second-order valence-electron chi connectivity index (χ2n) is 5.13. The Hall–Kier alpha value is -2.78. The van der Waals surface area contributed by atoms with Crippen molar-refractivity contribution in [1.82, 2.24) is 25.6 Å². The predicted molar refractivity (Wildman–Crippen MR) is 99.8 cm³/mol. The van der Waals surface area contributed by atoms with E-state index in [1.54, 1.807) is 12.1 Å². The fourth-order valence-electron chi connectivity index (χ4n) is 2.03. The summed E-state index contributed by atoms with van der Waals surface area (Å²) < 4.78 is 0.674. The predicted octanol–water partition coefficient (Wildman–Crippen LogP) is 2.61. The van der Waals surface area contributed by atoms with Crippen molar-refractivity contribution in [1.29, 1.82) is 0 Å². The summed E-state index contributed by atoms with van der Waals surface area (Å²) >= 11 is 9.13. The molecular formula is C16H12BrClN6O2. The first-order valence-corrected chi connectivity index (χ1v) is 8.53. The van der Waals surface area contributed by atoms with Crippen molar-refractivity contribution in [2.24, 2.45) is 5.10 Å². The minimum atomic E-state index is -0.446. The highest BCUT2D eigenvalue weighted by Gasteiger charge is 2.09. The van der Waals surface area contributed by atoms with Gasteiger partial charge in [-0.15, -0.1) is 10.2 Å². The van der Waals surface area contributed by atoms with Crippen LogP contribution in [-0.4, -0.2) is 37.4 Å². The van der Waals surface area contributed by atoms with Crippen LogP contribution in [0.4, 0.5) is 0 Å². The molecule has 0 atom stereocenters. The molecule has 0 bridgehead atoms. The third-order valence-corrected chi connectivity index (χ3v) is 3.97. The Balaban J connectivity index is 1.61. The van der Waals surface area contributed by atoms with E-state index in [9.17, 15) is 9.90 Å². The van der Waals surface area contributed by atoms with E-state index in [0.29, 0.717) is 15.9 Å². The summed E-state index contributed by atoms with van der Waals surface area (Å²) in [6.07, 6.45) is 1.29. The second kappa shape index (κ2) is 8.07. The molecule has 3 aromatic rings. The smallest absolute Gasteiger partial charge is 0.263 e. The Kier molecular flexibility index (Phi) is 5.59. The number of aromatic hydroxyl groups is 1. The Morgan fingerprint density at radius 1 is 1.35 bits per heavy atom. The molecular weight excluding hydrogens is 424 g/mol. The average molecular weight is 436 g/mol. The lowest BCUT2D eigenvalue weighted by atomic mass is 10.2. The number of nitrogens with zero attached hydrogens (tertiary/aromatic N) is 5. The zero-order valence-electron chi connectivity index (χ0n) is 13.2. The molecule has 0 aliphatic heterocycles. The molecule has 2 aromatic carbocycles. The molecule has 1 heterocycles. The Labute approximate surface area is 161 Å². The summed E-state index contributed by atoms with van der Waals surface area (Å²) in [5, 5.41) is 25.7. The van der Waals surface area contributed by atoms with Crippen molar-refractivity contribution in [3.05, 3.63) is 57.5 Å². The summed E-state index contributed by atoms with van der Waals surface area (Å²) in [7, 11) is 0. The molecule has 1 aromatic heterocycles. The quantitative estimate of drug-likeness (QED) is 0.473. The number of hydrazone groups is 1. The van der Waals surface area contributed by atoms with Crippen LogP contribution in [0, 0.1) is 0 Å². The molecule has 26 heavy (non-hydrogen) atoms. The van der Waals surface area contributed by atoms with E-state index >= 15 is 0 Å². The minimum Gasteiger partial charge on any atom is -0.506 e. The van der Waals surface area contributed by atoms with Crippen molar-refractivity contribution in [3.63, 3.8) is 0 Å². The molecule has 0 saturated carbocycles. The highest BCUT2D eigenvalue weighted by atomic mass is 79.9. The maximum Gasteiger partial charge on any atom is 0.263 e. The van der Waals surface area contributed by atoms with Gasteiger partial charge in [0.1, 0.15) is 12.3 Å². The SMILES string of the molecule is O=C(Cn1nnc(-c2ccccc2)n1)N/N=C\c1cc(Br)cc(Cl)c1O. The molecule has 0 fully saturated rings. The van der Waals surface area contributed by atoms with Crippen LogP contribution in [0.25, 0.3) is 11.4 Å². The van der Waals surface area contributed by atoms with E-state index in [4.69, 9.17) is 11.6 Å². The van der Waals surface area contributed by atoms with E-state index in [-0.39, 0.29) is 17.3 Å². The number of halogens is 2. The van der Waals surface area contributed by atoms with E-state index < -0.39 is 5.91 Å². The first kappa shape index (κ1) is 18.0. The molecule has 10 heteroatoms. The monoisotopic (exact) mass is 434 g/mol. The number of carbonyl (C=O) groups excluding carboxylic acids is 1. The zero-order valence-corrected chi connectivity index (χ0v) is 15.5. The molecule has 8 nitrogen and oxygen atoms in total. The van der Waals surface area contributed by atoms with Crippen LogP contribution in [-0.2, 0) is 11.3 Å². The normalized spacial score (nSPS) is 11.0. The lowest BCUT2D eigenvalue weighted by Crippen LogP contribution is -2.24. The standard InChI is InChI=1S/C16H12BrClN6O2/c17-12-6-11(15(26)13(18)7-12)8-19-20-14(25)9-24-22-16(21-23-24)10-4-2-1-3-5-10/h1-8,26H,9H2,(H,20,25)/b19-8-. The van der Waals surface area contributed by atoms with Crippen LogP contribution >= 0.6 is 27.5 Å². The molecule has 0 radical (unpaired) electrons. The largest absolute Gasteiger partial charge is 0.506 e. The fourth-order valence-corrected chi connectivity index (χ4v) is 2.87. The number of phenolic OH excluding ortho intramolecular Hbond substituents is 1. The van der Waals surface area contributed by atoms with Gasteiger partial charge in [-0.3, -0.25) is 4.79 Å². The van der Waals surface area contributed by atoms with E-state index in [1.165, 1.54) is 11.0 Å². The second-order valence-corrected chi connectivity index (χ2v) is 6.45. The molecule has 3 rings (SSSR count). The highest BCUT2D eigenvalue weighted by Crippen LogP contribution is 2.30. The number of benzene rings is 2. The number of rotatable bonds is 5. The summed E-state index contributed by atoms with van der Waals surface area (Å²) in [6, 6.07) is 12.5. The maximum atomic E-state index is 11.9. The number of nitrogens with one attached hydrogen (secondary N) is 1. The maximum absolute atomic E-state index is 11.9. The first-order valence-electron chi connectivity index (χ1n) is 7.36. The molecule has 132 valence electrons. The minimum absolute atomic E-state index is 0.127. The van der Waals surface area contributed by atoms with Crippen molar-refractivity contribution >= 4 is 39.7 Å². The van der Waals surface area contributed by atoms with Gasteiger partial charge in [-0.25, -0.2) is 5.43 Å². The van der Waals surface area contributed by atoms with Crippen LogP contribution in [0.2, 0.25) is 5.02 Å². The van der Waals surface area contributed by atoms with Crippen LogP contribution in [0.3, 0.4) is 0 Å². The number of aromatic nitrogens is 4. The number of hydrogen-bond donors (Lipinski definition) is 2. The van der Waals surface area contributed by atoms with Gasteiger partial charge in [0.05, 0.1) is 11.2 Å². The molecule has 2 N–H and O–H groups in total. The van der Waals surface area contributed by atoms with Crippen molar-refractivity contribution in [2.45, 2.75) is 6.54 Å². The van der Waals surface area contributed by atoms with Gasteiger partial charge in [-0.1, -0.05) is 57.9 Å². The third kappa shape index (κ3) is 4.44. The first-order chi connectivity index (χ1) is 12.5. The summed E-state index contributed by atoms with van der Waals surface area (Å²) in [5.74, 6) is -0.146. The van der Waals surface area contributed by atoms with E-state index in [1.807, 2.05) is 30.3 Å². The topological polar surface area (TPSA) is 105 Å². The van der Waals surface area contributed by atoms with Gasteiger partial charge in [0.15, 0.2) is 0 Å². The lowest BCUT2D eigenvalue weighted by molar-refractivity contribution is -0.122. The van der Waals surface area contributed by atoms with Crippen molar-refractivity contribution in [2.75, 3.05) is 0 Å². The Morgan fingerprint density at radius 2 is 2.12 bits per heavy atom. The van der Waals surface area contributed by atoms with Gasteiger partial charge in [0.25, 0.3) is 5.91 Å². The molecule has 0 aliphatic rings. The van der Waals surface area contributed by atoms with Crippen LogP contribution in [0.15, 0.2) is 52.0 Å².